The summed E-state index contributed by atoms with van der Waals surface area (Å²) in [6, 6.07) is 17.4. The highest BCUT2D eigenvalue weighted by Gasteiger charge is 2.42. The number of alkyl carbamates (subject to hydrolysis) is 1. The van der Waals surface area contributed by atoms with Gasteiger partial charge in [0.15, 0.2) is 0 Å². The van der Waals surface area contributed by atoms with Crippen molar-refractivity contribution in [2.75, 3.05) is 38.2 Å². The molecule has 4 atom stereocenters. The van der Waals surface area contributed by atoms with Crippen LogP contribution < -0.4 is 5.32 Å². The molecule has 0 bridgehead atoms. The second-order valence-electron chi connectivity index (χ2n) is 10.0. The zero-order valence-corrected chi connectivity index (χ0v) is 23.9. The van der Waals surface area contributed by atoms with E-state index < -0.39 is 28.3 Å². The Morgan fingerprint density at radius 2 is 1.72 bits per heavy atom. The SMILES string of the molecule is C=S(C)CCOC(=O)NC1CC1CC[C@H]1CN(C(=O)OCc2ccccc2)CCN1S(=O)(=O)c1ccccc1. The number of benzene rings is 2. The molecule has 0 aromatic heterocycles. The smallest absolute Gasteiger partial charge is 0.410 e. The maximum atomic E-state index is 13.5. The Morgan fingerprint density at radius 1 is 1.03 bits per heavy atom. The molecule has 9 nitrogen and oxygen atoms in total. The lowest BCUT2D eigenvalue weighted by Crippen LogP contribution is -2.56. The quantitative estimate of drug-likeness (QED) is 0.407. The lowest BCUT2D eigenvalue weighted by atomic mass is 10.1. The predicted octanol–water partition coefficient (Wildman–Crippen LogP) is 3.92. The number of sulfonamides is 1. The summed E-state index contributed by atoms with van der Waals surface area (Å²) in [7, 11) is -3.76. The zero-order chi connectivity index (χ0) is 27.8. The minimum atomic E-state index is -3.73. The highest BCUT2D eigenvalue weighted by Crippen LogP contribution is 2.36. The van der Waals surface area contributed by atoms with E-state index in [1.54, 1.807) is 35.2 Å². The number of nitrogens with one attached hydrogen (secondary N) is 1. The molecular weight excluding hydrogens is 538 g/mol. The van der Waals surface area contributed by atoms with E-state index in [9.17, 15) is 18.0 Å². The molecule has 212 valence electrons. The van der Waals surface area contributed by atoms with E-state index in [-0.39, 0.29) is 53.6 Å². The van der Waals surface area contributed by atoms with Gasteiger partial charge in [0.1, 0.15) is 13.2 Å². The normalized spacial score (nSPS) is 22.1. The Balaban J connectivity index is 1.36. The van der Waals surface area contributed by atoms with E-state index in [4.69, 9.17) is 9.47 Å². The van der Waals surface area contributed by atoms with Crippen LogP contribution in [0.3, 0.4) is 0 Å². The van der Waals surface area contributed by atoms with Crippen LogP contribution in [0, 0.1) is 5.92 Å². The van der Waals surface area contributed by atoms with Gasteiger partial charge >= 0.3 is 12.2 Å². The van der Waals surface area contributed by atoms with Crippen molar-refractivity contribution in [2.24, 2.45) is 5.92 Å². The average molecular weight is 576 g/mol. The molecule has 11 heteroatoms. The van der Waals surface area contributed by atoms with E-state index in [2.05, 4.69) is 11.2 Å². The van der Waals surface area contributed by atoms with E-state index in [0.717, 1.165) is 24.2 Å². The average Bonchev–Trinajstić information content (AvgIpc) is 3.68. The molecule has 2 fully saturated rings. The molecule has 1 saturated heterocycles. The summed E-state index contributed by atoms with van der Waals surface area (Å²) in [4.78, 5) is 26.7. The summed E-state index contributed by atoms with van der Waals surface area (Å²) in [6.07, 6.45) is 3.23. The number of hydrogen-bond donors (Lipinski definition) is 1. The van der Waals surface area contributed by atoms with Gasteiger partial charge in [-0.05, 0) is 49.1 Å². The molecule has 1 N–H and O–H groups in total. The molecule has 0 spiro atoms. The first-order chi connectivity index (χ1) is 18.7. The van der Waals surface area contributed by atoms with Crippen LogP contribution >= 0.6 is 10.5 Å². The summed E-state index contributed by atoms with van der Waals surface area (Å²) in [5.41, 5.74) is 0.889. The minimum absolute atomic E-state index is 0.0202. The number of ether oxygens (including phenoxy) is 2. The number of carbonyl (C=O) groups excluding carboxylic acids is 2. The molecule has 2 aromatic carbocycles. The van der Waals surface area contributed by atoms with Gasteiger partial charge in [-0.3, -0.25) is 0 Å². The number of carbonyl (C=O) groups is 2. The van der Waals surface area contributed by atoms with E-state index in [1.165, 1.54) is 4.31 Å². The molecule has 1 aliphatic carbocycles. The topological polar surface area (TPSA) is 105 Å². The fourth-order valence-electron chi connectivity index (χ4n) is 4.71. The molecule has 39 heavy (non-hydrogen) atoms. The third-order valence-electron chi connectivity index (χ3n) is 7.00. The first-order valence-corrected chi connectivity index (χ1v) is 16.5. The molecule has 2 aliphatic rings. The summed E-state index contributed by atoms with van der Waals surface area (Å²) >= 11 is 0. The fourth-order valence-corrected chi connectivity index (χ4v) is 6.74. The van der Waals surface area contributed by atoms with E-state index in [0.29, 0.717) is 13.0 Å². The fraction of sp³-hybridized carbons (Fsp3) is 0.464. The van der Waals surface area contributed by atoms with E-state index >= 15 is 0 Å². The van der Waals surface area contributed by atoms with Crippen molar-refractivity contribution < 1.29 is 27.5 Å². The van der Waals surface area contributed by atoms with Gasteiger partial charge in [0, 0.05) is 37.5 Å². The van der Waals surface area contributed by atoms with Gasteiger partial charge in [0.25, 0.3) is 0 Å². The number of hydrogen-bond acceptors (Lipinski definition) is 6. The monoisotopic (exact) mass is 575 g/mol. The number of amides is 2. The van der Waals surface area contributed by atoms with Gasteiger partial charge in [-0.15, -0.1) is 0 Å². The third-order valence-corrected chi connectivity index (χ3v) is 9.83. The van der Waals surface area contributed by atoms with Gasteiger partial charge in [-0.2, -0.15) is 14.8 Å². The summed E-state index contributed by atoms with van der Waals surface area (Å²) in [5.74, 6) is 4.89. The number of rotatable bonds is 11. The van der Waals surface area contributed by atoms with Crippen molar-refractivity contribution in [3.05, 3.63) is 66.2 Å². The lowest BCUT2D eigenvalue weighted by Gasteiger charge is -2.40. The van der Waals surface area contributed by atoms with Crippen molar-refractivity contribution in [1.29, 1.82) is 0 Å². The van der Waals surface area contributed by atoms with Crippen LogP contribution in [0.4, 0.5) is 9.59 Å². The molecule has 4 rings (SSSR count). The standard InChI is InChI=1S/C28H37N3O6S2/c1-38(2)18-17-36-27(32)29-26-19-23(26)13-14-24-20-30(28(33)37-21-22-9-5-3-6-10-22)15-16-31(24)39(34,35)25-11-7-4-8-12-25/h3-12,23-24,26H,1,13-21H2,2H3,(H,29,32)/t23?,24-,26?,38?/m0/s1. The van der Waals surface area contributed by atoms with Gasteiger partial charge in [-0.25, -0.2) is 18.0 Å². The molecule has 2 amide bonds. The third kappa shape index (κ3) is 8.30. The largest absolute Gasteiger partial charge is 0.449 e. The lowest BCUT2D eigenvalue weighted by molar-refractivity contribution is 0.0682. The number of nitrogens with zero attached hydrogens (tertiary/aromatic N) is 2. The molecule has 0 radical (unpaired) electrons. The van der Waals surface area contributed by atoms with Crippen molar-refractivity contribution >= 4 is 38.6 Å². The Hall–Kier alpha value is -2.89. The number of piperazine rings is 1. The van der Waals surface area contributed by atoms with E-state index in [1.807, 2.05) is 36.6 Å². The van der Waals surface area contributed by atoms with Crippen molar-refractivity contribution in [1.82, 2.24) is 14.5 Å². The van der Waals surface area contributed by atoms with Crippen molar-refractivity contribution in [2.45, 2.75) is 42.8 Å². The first-order valence-electron chi connectivity index (χ1n) is 13.1. The first kappa shape index (κ1) is 29.1. The minimum Gasteiger partial charge on any atom is -0.449 e. The summed E-state index contributed by atoms with van der Waals surface area (Å²) in [5, 5.41) is 2.90. The predicted molar refractivity (Wildman–Crippen MR) is 153 cm³/mol. The molecule has 2 aromatic rings. The molecular formula is C28H37N3O6S2. The van der Waals surface area contributed by atoms with Crippen LogP contribution in [-0.4, -0.2) is 86.0 Å². The molecule has 1 aliphatic heterocycles. The highest BCUT2D eigenvalue weighted by molar-refractivity contribution is 8.13. The van der Waals surface area contributed by atoms with Crippen LogP contribution in [-0.2, 0) is 26.1 Å². The van der Waals surface area contributed by atoms with Gasteiger partial charge < -0.3 is 19.7 Å². The Morgan fingerprint density at radius 3 is 2.41 bits per heavy atom. The Kier molecular flexibility index (Phi) is 10.0. The molecule has 3 unspecified atom stereocenters. The summed E-state index contributed by atoms with van der Waals surface area (Å²) in [6.45, 7) is 1.19. The maximum absolute atomic E-state index is 13.5. The highest BCUT2D eigenvalue weighted by atomic mass is 32.2. The van der Waals surface area contributed by atoms with Gasteiger partial charge in [0.05, 0.1) is 4.90 Å². The zero-order valence-electron chi connectivity index (χ0n) is 22.2. The van der Waals surface area contributed by atoms with Gasteiger partial charge in [0.2, 0.25) is 10.0 Å². The Bertz CT molecular complexity index is 1240. The van der Waals surface area contributed by atoms with Crippen LogP contribution in [0.1, 0.15) is 24.8 Å². The second-order valence-corrected chi connectivity index (χ2v) is 13.9. The van der Waals surface area contributed by atoms with Crippen LogP contribution in [0.15, 0.2) is 65.6 Å². The Labute approximate surface area is 233 Å². The van der Waals surface area contributed by atoms with Crippen LogP contribution in [0.25, 0.3) is 0 Å². The molecule has 1 heterocycles. The van der Waals surface area contributed by atoms with Gasteiger partial charge in [-0.1, -0.05) is 54.4 Å². The van der Waals surface area contributed by atoms with Crippen LogP contribution in [0.5, 0.6) is 0 Å². The van der Waals surface area contributed by atoms with Crippen molar-refractivity contribution in [3.63, 3.8) is 0 Å². The molecule has 1 saturated carbocycles. The van der Waals surface area contributed by atoms with Crippen LogP contribution in [0.2, 0.25) is 0 Å². The maximum Gasteiger partial charge on any atom is 0.410 e. The second kappa shape index (κ2) is 13.5. The summed E-state index contributed by atoms with van der Waals surface area (Å²) < 4.78 is 39.3. The van der Waals surface area contributed by atoms with Crippen molar-refractivity contribution in [3.8, 4) is 0 Å².